The number of anilines is 1. The van der Waals surface area contributed by atoms with Gasteiger partial charge in [-0.1, -0.05) is 6.58 Å². The molecule has 1 aromatic heterocycles. The number of carbonyl (C=O) groups excluding carboxylic acids is 1. The zero-order chi connectivity index (χ0) is 10.6. The highest BCUT2D eigenvalue weighted by Gasteiger charge is 2.08. The van der Waals surface area contributed by atoms with Gasteiger partial charge in [0.1, 0.15) is 5.82 Å². The first-order chi connectivity index (χ1) is 6.76. The second-order valence-corrected chi connectivity index (χ2v) is 3.01. The third kappa shape index (κ3) is 1.87. The highest BCUT2D eigenvalue weighted by molar-refractivity contribution is 5.77. The standard InChI is InChI=1S/C11H16N2O/c1-4-12(5-2)11-7-10(9-14)8-13(11)6-3/h6-9H,3-5H2,1-2H3. The first-order valence-corrected chi connectivity index (χ1v) is 4.81. The van der Waals surface area contributed by atoms with E-state index in [1.54, 1.807) is 12.4 Å². The molecule has 0 unspecified atom stereocenters. The van der Waals surface area contributed by atoms with E-state index < -0.39 is 0 Å². The van der Waals surface area contributed by atoms with Gasteiger partial charge >= 0.3 is 0 Å². The van der Waals surface area contributed by atoms with Crippen LogP contribution in [0, 0.1) is 0 Å². The topological polar surface area (TPSA) is 25.2 Å². The van der Waals surface area contributed by atoms with Gasteiger partial charge in [0, 0.05) is 31.0 Å². The van der Waals surface area contributed by atoms with Gasteiger partial charge in [-0.3, -0.25) is 4.79 Å². The number of carbonyl (C=O) groups is 1. The minimum absolute atomic E-state index is 0.687. The number of rotatable bonds is 5. The maximum Gasteiger partial charge on any atom is 0.151 e. The smallest absolute Gasteiger partial charge is 0.151 e. The second-order valence-electron chi connectivity index (χ2n) is 3.01. The number of aldehydes is 1. The van der Waals surface area contributed by atoms with Crippen molar-refractivity contribution < 1.29 is 4.79 Å². The molecular formula is C11H16N2O. The SMILES string of the molecule is C=Cn1cc(C=O)cc1N(CC)CC. The molecule has 0 bridgehead atoms. The van der Waals surface area contributed by atoms with Gasteiger partial charge < -0.3 is 9.47 Å². The van der Waals surface area contributed by atoms with Crippen LogP contribution in [0.1, 0.15) is 24.2 Å². The molecule has 1 aromatic rings. The molecule has 0 spiro atoms. The Balaban J connectivity index is 3.09. The van der Waals surface area contributed by atoms with Crippen LogP contribution in [0.3, 0.4) is 0 Å². The minimum atomic E-state index is 0.687. The van der Waals surface area contributed by atoms with Gasteiger partial charge in [0.25, 0.3) is 0 Å². The highest BCUT2D eigenvalue weighted by Crippen LogP contribution is 2.18. The van der Waals surface area contributed by atoms with Gasteiger partial charge in [0.15, 0.2) is 6.29 Å². The van der Waals surface area contributed by atoms with Gasteiger partial charge in [0.2, 0.25) is 0 Å². The van der Waals surface area contributed by atoms with Crippen LogP contribution < -0.4 is 4.90 Å². The number of nitrogens with zero attached hydrogens (tertiary/aromatic N) is 2. The Morgan fingerprint density at radius 1 is 1.50 bits per heavy atom. The second kappa shape index (κ2) is 4.65. The molecule has 1 heterocycles. The van der Waals surface area contributed by atoms with Crippen molar-refractivity contribution in [2.45, 2.75) is 13.8 Å². The maximum absolute atomic E-state index is 10.6. The van der Waals surface area contributed by atoms with E-state index in [-0.39, 0.29) is 0 Å². The molecule has 0 aromatic carbocycles. The van der Waals surface area contributed by atoms with Crippen molar-refractivity contribution in [1.29, 1.82) is 0 Å². The van der Waals surface area contributed by atoms with Crippen molar-refractivity contribution in [3.05, 3.63) is 24.4 Å². The zero-order valence-electron chi connectivity index (χ0n) is 8.73. The molecule has 0 amide bonds. The highest BCUT2D eigenvalue weighted by atomic mass is 16.1. The van der Waals surface area contributed by atoms with E-state index >= 15 is 0 Å². The van der Waals surface area contributed by atoms with Gasteiger partial charge in [-0.2, -0.15) is 0 Å². The molecular weight excluding hydrogens is 176 g/mol. The molecule has 14 heavy (non-hydrogen) atoms. The van der Waals surface area contributed by atoms with Gasteiger partial charge in [-0.15, -0.1) is 0 Å². The fraction of sp³-hybridized carbons (Fsp3) is 0.364. The summed E-state index contributed by atoms with van der Waals surface area (Å²) in [4.78, 5) is 12.8. The molecule has 0 radical (unpaired) electrons. The lowest BCUT2D eigenvalue weighted by Crippen LogP contribution is -2.23. The van der Waals surface area contributed by atoms with Crippen LogP contribution in [0.25, 0.3) is 6.20 Å². The van der Waals surface area contributed by atoms with E-state index in [0.29, 0.717) is 5.56 Å². The quantitative estimate of drug-likeness (QED) is 0.668. The lowest BCUT2D eigenvalue weighted by atomic mass is 10.3. The van der Waals surface area contributed by atoms with Crippen LogP contribution in [-0.2, 0) is 0 Å². The molecule has 0 aliphatic rings. The van der Waals surface area contributed by atoms with Crippen molar-refractivity contribution >= 4 is 18.3 Å². The minimum Gasteiger partial charge on any atom is -0.358 e. The Morgan fingerprint density at radius 3 is 2.57 bits per heavy atom. The molecule has 1 rings (SSSR count). The van der Waals surface area contributed by atoms with E-state index in [2.05, 4.69) is 25.3 Å². The Bertz CT molecular complexity index is 324. The Kier molecular flexibility index (Phi) is 3.51. The largest absolute Gasteiger partial charge is 0.358 e. The lowest BCUT2D eigenvalue weighted by molar-refractivity contribution is 0.112. The van der Waals surface area contributed by atoms with Gasteiger partial charge in [-0.25, -0.2) is 0 Å². The Hall–Kier alpha value is -1.51. The average molecular weight is 192 g/mol. The zero-order valence-corrected chi connectivity index (χ0v) is 8.73. The number of hydrogen-bond donors (Lipinski definition) is 0. The molecule has 0 aliphatic heterocycles. The Morgan fingerprint density at radius 2 is 2.14 bits per heavy atom. The molecule has 0 saturated heterocycles. The molecule has 76 valence electrons. The van der Waals surface area contributed by atoms with Crippen LogP contribution in [0.15, 0.2) is 18.8 Å². The average Bonchev–Trinajstić information content (AvgIpc) is 2.63. The van der Waals surface area contributed by atoms with Crippen molar-refractivity contribution in [1.82, 2.24) is 4.57 Å². The summed E-state index contributed by atoms with van der Waals surface area (Å²) >= 11 is 0. The van der Waals surface area contributed by atoms with Crippen molar-refractivity contribution in [3.63, 3.8) is 0 Å². The fourth-order valence-corrected chi connectivity index (χ4v) is 1.50. The molecule has 0 N–H and O–H groups in total. The third-order valence-corrected chi connectivity index (χ3v) is 2.27. The summed E-state index contributed by atoms with van der Waals surface area (Å²) < 4.78 is 1.87. The first kappa shape index (κ1) is 10.6. The Labute approximate surface area is 84.6 Å². The van der Waals surface area contributed by atoms with Crippen LogP contribution in [0.2, 0.25) is 0 Å². The molecule has 0 atom stereocenters. The van der Waals surface area contributed by atoms with Crippen LogP contribution in [-0.4, -0.2) is 23.9 Å². The number of hydrogen-bond acceptors (Lipinski definition) is 2. The molecule has 0 fully saturated rings. The van der Waals surface area contributed by atoms with Gasteiger partial charge in [-0.05, 0) is 19.9 Å². The third-order valence-electron chi connectivity index (χ3n) is 2.27. The van der Waals surface area contributed by atoms with Crippen LogP contribution in [0.5, 0.6) is 0 Å². The molecule has 0 aliphatic carbocycles. The summed E-state index contributed by atoms with van der Waals surface area (Å²) in [5.74, 6) is 1.02. The summed E-state index contributed by atoms with van der Waals surface area (Å²) in [5, 5.41) is 0. The molecule has 0 saturated carbocycles. The van der Waals surface area contributed by atoms with E-state index in [9.17, 15) is 4.79 Å². The van der Waals surface area contributed by atoms with Crippen molar-refractivity contribution in [2.24, 2.45) is 0 Å². The first-order valence-electron chi connectivity index (χ1n) is 4.81. The summed E-state index contributed by atoms with van der Waals surface area (Å²) in [5.41, 5.74) is 0.687. The van der Waals surface area contributed by atoms with Crippen molar-refractivity contribution in [2.75, 3.05) is 18.0 Å². The van der Waals surface area contributed by atoms with E-state index in [1.807, 2.05) is 10.6 Å². The van der Waals surface area contributed by atoms with Crippen LogP contribution in [0.4, 0.5) is 5.82 Å². The normalized spacial score (nSPS) is 9.86. The van der Waals surface area contributed by atoms with Crippen molar-refractivity contribution in [3.8, 4) is 0 Å². The van der Waals surface area contributed by atoms with E-state index in [1.165, 1.54) is 0 Å². The summed E-state index contributed by atoms with van der Waals surface area (Å²) in [7, 11) is 0. The summed E-state index contributed by atoms with van der Waals surface area (Å²) in [6, 6.07) is 1.88. The fourth-order valence-electron chi connectivity index (χ4n) is 1.50. The van der Waals surface area contributed by atoms with Gasteiger partial charge in [0.05, 0.1) is 0 Å². The summed E-state index contributed by atoms with van der Waals surface area (Å²) in [6.07, 6.45) is 4.35. The molecule has 3 nitrogen and oxygen atoms in total. The molecule has 3 heteroatoms. The maximum atomic E-state index is 10.6. The van der Waals surface area contributed by atoms with E-state index in [0.717, 1.165) is 25.2 Å². The predicted octanol–water partition coefficient (Wildman–Crippen LogP) is 2.25. The monoisotopic (exact) mass is 192 g/mol. The van der Waals surface area contributed by atoms with Crippen LogP contribution >= 0.6 is 0 Å². The summed E-state index contributed by atoms with van der Waals surface area (Å²) in [6.45, 7) is 9.73. The predicted molar refractivity (Wildman–Crippen MR) is 59.8 cm³/mol. The number of aromatic nitrogens is 1. The van der Waals surface area contributed by atoms with E-state index in [4.69, 9.17) is 0 Å². The lowest BCUT2D eigenvalue weighted by Gasteiger charge is -2.21.